The Hall–Kier alpha value is -2.49. The molecule has 1 saturated carbocycles. The second-order valence-electron chi connectivity index (χ2n) is 11.3. The van der Waals surface area contributed by atoms with E-state index in [-0.39, 0.29) is 25.5 Å². The summed E-state index contributed by atoms with van der Waals surface area (Å²) in [7, 11) is -3.93. The lowest BCUT2D eigenvalue weighted by molar-refractivity contribution is 0.0760. The molecule has 0 aromatic heterocycles. The number of sulfonamides is 1. The molecule has 0 unspecified atom stereocenters. The van der Waals surface area contributed by atoms with Gasteiger partial charge in [0, 0.05) is 18.2 Å². The minimum atomic E-state index is -3.93. The highest BCUT2D eigenvalue weighted by atomic mass is 32.2. The third-order valence-electron chi connectivity index (χ3n) is 8.17. The molecular formula is C29H38FN3O4S. The van der Waals surface area contributed by atoms with Crippen molar-refractivity contribution >= 4 is 16.0 Å². The number of nitrogens with zero attached hydrogens (tertiary/aromatic N) is 2. The number of benzene rings is 2. The Kier molecular flexibility index (Phi) is 7.80. The maximum Gasteiger partial charge on any atom is 0.301 e. The summed E-state index contributed by atoms with van der Waals surface area (Å²) in [5, 5.41) is 11.5. The topological polar surface area (TPSA) is 91.2 Å². The van der Waals surface area contributed by atoms with Crippen molar-refractivity contribution in [2.24, 2.45) is 4.40 Å². The van der Waals surface area contributed by atoms with E-state index in [0.717, 1.165) is 24.7 Å². The van der Waals surface area contributed by atoms with Crippen LogP contribution in [0.25, 0.3) is 0 Å². The summed E-state index contributed by atoms with van der Waals surface area (Å²) in [4.78, 5) is 2.62. The molecule has 0 amide bonds. The van der Waals surface area contributed by atoms with E-state index in [9.17, 15) is 17.9 Å². The molecule has 9 heteroatoms. The zero-order valence-corrected chi connectivity index (χ0v) is 23.0. The van der Waals surface area contributed by atoms with Crippen molar-refractivity contribution in [1.82, 2.24) is 10.2 Å². The first-order valence-electron chi connectivity index (χ1n) is 13.6. The summed E-state index contributed by atoms with van der Waals surface area (Å²) >= 11 is 0. The molecule has 0 spiro atoms. The molecule has 2 aromatic rings. The summed E-state index contributed by atoms with van der Waals surface area (Å²) < 4.78 is 51.0. The highest BCUT2D eigenvalue weighted by Gasteiger charge is 2.46. The van der Waals surface area contributed by atoms with Crippen LogP contribution in [0.1, 0.15) is 74.6 Å². The quantitative estimate of drug-likeness (QED) is 0.516. The van der Waals surface area contributed by atoms with E-state index in [4.69, 9.17) is 4.74 Å². The largest absolute Gasteiger partial charge is 0.457 e. The Morgan fingerprint density at radius 1 is 1.11 bits per heavy atom. The Morgan fingerprint density at radius 2 is 1.79 bits per heavy atom. The lowest BCUT2D eigenvalue weighted by atomic mass is 9.88. The van der Waals surface area contributed by atoms with E-state index in [2.05, 4.69) is 26.7 Å². The molecule has 2 aliphatic heterocycles. The number of ether oxygens (including phenoxy) is 1. The molecule has 1 saturated heterocycles. The van der Waals surface area contributed by atoms with Gasteiger partial charge in [0.1, 0.15) is 16.7 Å². The predicted octanol–water partition coefficient (Wildman–Crippen LogP) is 4.29. The molecule has 2 N–H and O–H groups in total. The van der Waals surface area contributed by atoms with Gasteiger partial charge < -0.3 is 20.1 Å². The van der Waals surface area contributed by atoms with Crippen LogP contribution >= 0.6 is 0 Å². The summed E-state index contributed by atoms with van der Waals surface area (Å²) in [6, 6.07) is 14.5. The van der Waals surface area contributed by atoms with Gasteiger partial charge in [-0.05, 0) is 88.6 Å². The van der Waals surface area contributed by atoms with Crippen molar-refractivity contribution in [2.45, 2.75) is 81.2 Å². The minimum absolute atomic E-state index is 0.166. The van der Waals surface area contributed by atoms with Gasteiger partial charge in [0.25, 0.3) is 10.0 Å². The summed E-state index contributed by atoms with van der Waals surface area (Å²) in [5.74, 6) is 0.101. The number of aliphatic hydroxyl groups excluding tert-OH is 1. The summed E-state index contributed by atoms with van der Waals surface area (Å²) in [6.45, 7) is 5.57. The second kappa shape index (κ2) is 10.9. The molecule has 3 aliphatic rings. The summed E-state index contributed by atoms with van der Waals surface area (Å²) in [5.41, 5.74) is 1.48. The fourth-order valence-corrected chi connectivity index (χ4v) is 7.41. The molecule has 2 atom stereocenters. The van der Waals surface area contributed by atoms with E-state index in [1.807, 2.05) is 12.1 Å². The molecule has 0 radical (unpaired) electrons. The van der Waals surface area contributed by atoms with E-state index >= 15 is 0 Å². The molecule has 2 aromatic carbocycles. The number of halogens is 1. The lowest BCUT2D eigenvalue weighted by Gasteiger charge is -2.38. The van der Waals surface area contributed by atoms with Crippen LogP contribution in [-0.2, 0) is 21.2 Å². The van der Waals surface area contributed by atoms with Gasteiger partial charge in [0.15, 0.2) is 0 Å². The SMILES string of the molecule is CC1(C)OC(N[C@@H](CCO)c2ccccc2F)=NS(=O)(=O)[C@@H]1Cc1ccc(C2CCN(C3CC3)CC2)cc1. The molecule has 0 bridgehead atoms. The molecule has 5 rings (SSSR count). The maximum absolute atomic E-state index is 14.4. The van der Waals surface area contributed by atoms with Gasteiger partial charge >= 0.3 is 6.02 Å². The van der Waals surface area contributed by atoms with Crippen LogP contribution < -0.4 is 5.32 Å². The molecule has 206 valence electrons. The second-order valence-corrected chi connectivity index (χ2v) is 13.1. The Morgan fingerprint density at radius 3 is 2.39 bits per heavy atom. The van der Waals surface area contributed by atoms with E-state index < -0.39 is 32.7 Å². The van der Waals surface area contributed by atoms with Crippen LogP contribution in [0.2, 0.25) is 0 Å². The first kappa shape index (κ1) is 27.1. The van der Waals surface area contributed by atoms with Crippen molar-refractivity contribution in [1.29, 1.82) is 0 Å². The van der Waals surface area contributed by atoms with Gasteiger partial charge in [-0.25, -0.2) is 12.8 Å². The fourth-order valence-electron chi connectivity index (χ4n) is 5.80. The van der Waals surface area contributed by atoms with Crippen molar-refractivity contribution in [3.05, 3.63) is 71.0 Å². The molecule has 7 nitrogen and oxygen atoms in total. The standard InChI is InChI=1S/C29H38FN3O4S/c1-29(2)27(19-20-7-9-21(10-8-20)22-13-16-33(17-14-22)23-11-12-23)38(35,36)32-28(37-29)31-26(15-18-34)24-5-3-4-6-25(24)30/h3-10,22-23,26-27,34H,11-19H2,1-2H3,(H,31,32)/t26-,27+/m0/s1. The van der Waals surface area contributed by atoms with Gasteiger partial charge in [-0.1, -0.05) is 42.5 Å². The van der Waals surface area contributed by atoms with Crippen LogP contribution in [0.5, 0.6) is 0 Å². The Labute approximate surface area is 225 Å². The van der Waals surface area contributed by atoms with Crippen LogP contribution in [0, 0.1) is 5.82 Å². The first-order chi connectivity index (χ1) is 18.2. The highest BCUT2D eigenvalue weighted by Crippen LogP contribution is 2.35. The monoisotopic (exact) mass is 543 g/mol. The maximum atomic E-state index is 14.4. The number of nitrogens with one attached hydrogen (secondary N) is 1. The number of hydrogen-bond donors (Lipinski definition) is 2. The van der Waals surface area contributed by atoms with E-state index in [1.54, 1.807) is 32.0 Å². The van der Waals surface area contributed by atoms with Gasteiger partial charge in [-0.3, -0.25) is 0 Å². The van der Waals surface area contributed by atoms with Crippen LogP contribution in [0.15, 0.2) is 52.9 Å². The molecule has 2 fully saturated rings. The van der Waals surface area contributed by atoms with Gasteiger partial charge in [0.05, 0.1) is 6.04 Å². The van der Waals surface area contributed by atoms with Crippen molar-refractivity contribution in [3.63, 3.8) is 0 Å². The fraction of sp³-hybridized carbons (Fsp3) is 0.552. The van der Waals surface area contributed by atoms with Crippen molar-refractivity contribution in [2.75, 3.05) is 19.7 Å². The average Bonchev–Trinajstić information content (AvgIpc) is 3.72. The van der Waals surface area contributed by atoms with Crippen molar-refractivity contribution in [3.8, 4) is 0 Å². The normalized spacial score (nSPS) is 24.3. The van der Waals surface area contributed by atoms with Gasteiger partial charge in [-0.15, -0.1) is 4.40 Å². The van der Waals surface area contributed by atoms with Gasteiger partial charge in [-0.2, -0.15) is 0 Å². The minimum Gasteiger partial charge on any atom is -0.457 e. The van der Waals surface area contributed by atoms with Gasteiger partial charge in [0.2, 0.25) is 0 Å². The number of piperidine rings is 1. The average molecular weight is 544 g/mol. The number of hydrogen-bond acceptors (Lipinski definition) is 6. The zero-order chi connectivity index (χ0) is 26.9. The molecule has 1 aliphatic carbocycles. The predicted molar refractivity (Wildman–Crippen MR) is 146 cm³/mol. The number of likely N-dealkylation sites (tertiary alicyclic amines) is 1. The summed E-state index contributed by atoms with van der Waals surface area (Å²) in [6.07, 6.45) is 5.48. The van der Waals surface area contributed by atoms with Crippen LogP contribution in [0.3, 0.4) is 0 Å². The van der Waals surface area contributed by atoms with Crippen LogP contribution in [0.4, 0.5) is 4.39 Å². The number of amidine groups is 1. The molecule has 38 heavy (non-hydrogen) atoms. The zero-order valence-electron chi connectivity index (χ0n) is 22.1. The third-order valence-corrected chi connectivity index (χ3v) is 10.0. The van der Waals surface area contributed by atoms with Crippen molar-refractivity contribution < 1.29 is 22.7 Å². The number of rotatable bonds is 8. The lowest BCUT2D eigenvalue weighted by Crippen LogP contribution is -2.53. The van der Waals surface area contributed by atoms with E-state index in [0.29, 0.717) is 11.5 Å². The smallest absolute Gasteiger partial charge is 0.301 e. The Balaban J connectivity index is 1.27. The highest BCUT2D eigenvalue weighted by molar-refractivity contribution is 7.91. The molecular weight excluding hydrogens is 505 g/mol. The third kappa shape index (κ3) is 6.05. The first-order valence-corrected chi connectivity index (χ1v) is 15.1. The van der Waals surface area contributed by atoms with Crippen LogP contribution in [-0.4, -0.2) is 61.0 Å². The molecule has 2 heterocycles. The number of aliphatic hydroxyl groups is 1. The van der Waals surface area contributed by atoms with E-state index in [1.165, 1.54) is 37.3 Å². The Bertz CT molecular complexity index is 1250.